The molecule has 1 aliphatic carbocycles. The summed E-state index contributed by atoms with van der Waals surface area (Å²) in [6, 6.07) is 6.67. The summed E-state index contributed by atoms with van der Waals surface area (Å²) in [6.07, 6.45) is 5.18. The van der Waals surface area contributed by atoms with Crippen molar-refractivity contribution in [2.75, 3.05) is 13.6 Å². The van der Waals surface area contributed by atoms with Gasteiger partial charge in [0.15, 0.2) is 5.78 Å². The summed E-state index contributed by atoms with van der Waals surface area (Å²) in [5.74, 6) is 0.962. The summed E-state index contributed by atoms with van der Waals surface area (Å²) < 4.78 is 0. The molecule has 2 unspecified atom stereocenters. The molecule has 2 heteroatoms. The molecule has 0 saturated heterocycles. The van der Waals surface area contributed by atoms with Crippen LogP contribution in [0.4, 0.5) is 0 Å². The van der Waals surface area contributed by atoms with Crippen molar-refractivity contribution < 1.29 is 4.79 Å². The van der Waals surface area contributed by atoms with Gasteiger partial charge >= 0.3 is 0 Å². The Morgan fingerprint density at radius 2 is 1.95 bits per heavy atom. The third kappa shape index (κ3) is 3.49. The third-order valence-electron chi connectivity index (χ3n) is 4.71. The van der Waals surface area contributed by atoms with Crippen LogP contribution in [-0.2, 0) is 0 Å². The van der Waals surface area contributed by atoms with E-state index >= 15 is 0 Å². The Balaban J connectivity index is 2.03. The molecular formula is C18H27NO. The van der Waals surface area contributed by atoms with E-state index < -0.39 is 0 Å². The van der Waals surface area contributed by atoms with Gasteiger partial charge in [0.2, 0.25) is 0 Å². The second-order valence-electron chi connectivity index (χ2n) is 6.49. The molecule has 1 fully saturated rings. The van der Waals surface area contributed by atoms with Crippen LogP contribution in [0.25, 0.3) is 0 Å². The minimum atomic E-state index is 0.253. The van der Waals surface area contributed by atoms with Gasteiger partial charge in [0.1, 0.15) is 0 Å². The van der Waals surface area contributed by atoms with Gasteiger partial charge in [-0.15, -0.1) is 0 Å². The standard InChI is InChI=1S/C18H27NO/c1-13-9-10-16(15(3)11-13)18(20)12-19(4)17-8-6-5-7-14(17)2/h9-11,14,17H,5-8,12H2,1-4H3. The number of ketones is 1. The number of carbonyl (C=O) groups excluding carboxylic acids is 1. The molecule has 0 bridgehead atoms. The predicted octanol–water partition coefficient (Wildman–Crippen LogP) is 4.00. The number of hydrogen-bond acceptors (Lipinski definition) is 2. The molecule has 1 aromatic carbocycles. The minimum absolute atomic E-state index is 0.253. The third-order valence-corrected chi connectivity index (χ3v) is 4.71. The first-order valence-electron chi connectivity index (χ1n) is 7.79. The van der Waals surface area contributed by atoms with E-state index in [9.17, 15) is 4.79 Å². The molecule has 1 aliphatic rings. The first kappa shape index (κ1) is 15.2. The quantitative estimate of drug-likeness (QED) is 0.773. The minimum Gasteiger partial charge on any atom is -0.296 e. The summed E-state index contributed by atoms with van der Waals surface area (Å²) in [4.78, 5) is 14.8. The Bertz CT molecular complexity index is 480. The second kappa shape index (κ2) is 6.53. The number of carbonyl (C=O) groups is 1. The van der Waals surface area contributed by atoms with E-state index in [1.165, 1.54) is 31.2 Å². The number of aryl methyl sites for hydroxylation is 2. The number of benzene rings is 1. The monoisotopic (exact) mass is 273 g/mol. The topological polar surface area (TPSA) is 20.3 Å². The zero-order chi connectivity index (χ0) is 14.7. The van der Waals surface area contributed by atoms with Gasteiger partial charge in [0.05, 0.1) is 6.54 Å². The van der Waals surface area contributed by atoms with Crippen LogP contribution in [0, 0.1) is 19.8 Å². The molecule has 0 N–H and O–H groups in total. The van der Waals surface area contributed by atoms with Crippen molar-refractivity contribution in [3.63, 3.8) is 0 Å². The van der Waals surface area contributed by atoms with Crippen molar-refractivity contribution >= 4 is 5.78 Å². The molecule has 0 amide bonds. The van der Waals surface area contributed by atoms with Crippen LogP contribution in [0.2, 0.25) is 0 Å². The Morgan fingerprint density at radius 1 is 1.25 bits per heavy atom. The lowest BCUT2D eigenvalue weighted by Gasteiger charge is -2.36. The van der Waals surface area contributed by atoms with Gasteiger partial charge in [0.25, 0.3) is 0 Å². The first-order chi connectivity index (χ1) is 9.49. The summed E-state index contributed by atoms with van der Waals surface area (Å²) in [7, 11) is 2.11. The maximum Gasteiger partial charge on any atom is 0.177 e. The Labute approximate surface area is 123 Å². The van der Waals surface area contributed by atoms with E-state index in [2.05, 4.69) is 31.9 Å². The fourth-order valence-corrected chi connectivity index (χ4v) is 3.51. The molecule has 0 heterocycles. The Hall–Kier alpha value is -1.15. The van der Waals surface area contributed by atoms with Crippen molar-refractivity contribution in [1.29, 1.82) is 0 Å². The van der Waals surface area contributed by atoms with Crippen LogP contribution in [0.5, 0.6) is 0 Å². The average molecular weight is 273 g/mol. The molecule has 0 aromatic heterocycles. The van der Waals surface area contributed by atoms with E-state index in [0.717, 1.165) is 11.1 Å². The molecular weight excluding hydrogens is 246 g/mol. The van der Waals surface area contributed by atoms with Crippen molar-refractivity contribution in [2.45, 2.75) is 52.5 Å². The average Bonchev–Trinajstić information content (AvgIpc) is 2.38. The molecule has 0 spiro atoms. The van der Waals surface area contributed by atoms with Crippen molar-refractivity contribution in [3.8, 4) is 0 Å². The molecule has 2 rings (SSSR count). The smallest absolute Gasteiger partial charge is 0.177 e. The molecule has 110 valence electrons. The highest BCUT2D eigenvalue weighted by molar-refractivity contribution is 5.98. The first-order valence-corrected chi connectivity index (χ1v) is 7.79. The van der Waals surface area contributed by atoms with Crippen LogP contribution in [-0.4, -0.2) is 30.3 Å². The van der Waals surface area contributed by atoms with E-state index in [1.54, 1.807) is 0 Å². The maximum atomic E-state index is 12.5. The van der Waals surface area contributed by atoms with E-state index in [4.69, 9.17) is 0 Å². The zero-order valence-corrected chi connectivity index (χ0v) is 13.3. The van der Waals surface area contributed by atoms with Gasteiger partial charge in [-0.2, -0.15) is 0 Å². The Kier molecular flexibility index (Phi) is 4.98. The van der Waals surface area contributed by atoms with Crippen molar-refractivity contribution in [2.24, 2.45) is 5.92 Å². The maximum absolute atomic E-state index is 12.5. The lowest BCUT2D eigenvalue weighted by molar-refractivity contribution is 0.0850. The zero-order valence-electron chi connectivity index (χ0n) is 13.3. The molecule has 1 saturated carbocycles. The SMILES string of the molecule is Cc1ccc(C(=O)CN(C)C2CCCCC2C)c(C)c1. The number of nitrogens with zero attached hydrogens (tertiary/aromatic N) is 1. The van der Waals surface area contributed by atoms with E-state index in [1.807, 2.05) is 19.1 Å². The molecule has 0 radical (unpaired) electrons. The van der Waals surface area contributed by atoms with E-state index in [0.29, 0.717) is 18.5 Å². The molecule has 1 aromatic rings. The molecule has 2 nitrogen and oxygen atoms in total. The summed E-state index contributed by atoms with van der Waals surface area (Å²) in [5, 5.41) is 0. The predicted molar refractivity (Wildman–Crippen MR) is 84.3 cm³/mol. The highest BCUT2D eigenvalue weighted by Crippen LogP contribution is 2.27. The fourth-order valence-electron chi connectivity index (χ4n) is 3.51. The van der Waals surface area contributed by atoms with Crippen LogP contribution < -0.4 is 0 Å². The largest absolute Gasteiger partial charge is 0.296 e. The molecule has 20 heavy (non-hydrogen) atoms. The van der Waals surface area contributed by atoms with Gasteiger partial charge in [-0.1, -0.05) is 43.5 Å². The van der Waals surface area contributed by atoms with Gasteiger partial charge in [-0.25, -0.2) is 0 Å². The Morgan fingerprint density at radius 3 is 2.60 bits per heavy atom. The molecule has 0 aliphatic heterocycles. The van der Waals surface area contributed by atoms with Crippen molar-refractivity contribution in [1.82, 2.24) is 4.90 Å². The van der Waals surface area contributed by atoms with Crippen molar-refractivity contribution in [3.05, 3.63) is 34.9 Å². The van der Waals surface area contributed by atoms with Gasteiger partial charge in [-0.3, -0.25) is 9.69 Å². The summed E-state index contributed by atoms with van der Waals surface area (Å²) >= 11 is 0. The second-order valence-corrected chi connectivity index (χ2v) is 6.49. The summed E-state index contributed by atoms with van der Waals surface area (Å²) in [6.45, 7) is 6.96. The van der Waals surface area contributed by atoms with Gasteiger partial charge < -0.3 is 0 Å². The highest BCUT2D eigenvalue weighted by Gasteiger charge is 2.26. The molecule has 2 atom stereocenters. The normalized spacial score (nSPS) is 23.1. The summed E-state index contributed by atoms with van der Waals surface area (Å²) in [5.41, 5.74) is 3.19. The number of likely N-dealkylation sites (N-methyl/N-ethyl adjacent to an activating group) is 1. The highest BCUT2D eigenvalue weighted by atomic mass is 16.1. The fraction of sp³-hybridized carbons (Fsp3) is 0.611. The number of Topliss-reactive ketones (excluding diaryl/α,β-unsaturated/α-hetero) is 1. The van der Waals surface area contributed by atoms with Gasteiger partial charge in [0, 0.05) is 11.6 Å². The number of rotatable bonds is 4. The van der Waals surface area contributed by atoms with Crippen LogP contribution in [0.3, 0.4) is 0 Å². The van der Waals surface area contributed by atoms with Crippen LogP contribution in [0.15, 0.2) is 18.2 Å². The van der Waals surface area contributed by atoms with Crippen LogP contribution in [0.1, 0.15) is 54.1 Å². The lowest BCUT2D eigenvalue weighted by Crippen LogP contribution is -2.41. The number of hydrogen-bond donors (Lipinski definition) is 0. The van der Waals surface area contributed by atoms with Crippen LogP contribution >= 0.6 is 0 Å². The van der Waals surface area contributed by atoms with E-state index in [-0.39, 0.29) is 5.78 Å². The lowest BCUT2D eigenvalue weighted by atomic mass is 9.85. The van der Waals surface area contributed by atoms with Gasteiger partial charge in [-0.05, 0) is 45.2 Å².